The van der Waals surface area contributed by atoms with Crippen LogP contribution in [-0.4, -0.2) is 50.5 Å². The number of anilines is 1. The minimum Gasteiger partial charge on any atom is -0.355 e. The van der Waals surface area contributed by atoms with Crippen molar-refractivity contribution in [2.75, 3.05) is 23.7 Å². The third kappa shape index (κ3) is 6.60. The highest BCUT2D eigenvalue weighted by atomic mass is 35.5. The average Bonchev–Trinajstić information content (AvgIpc) is 2.72. The number of halogens is 2. The lowest BCUT2D eigenvalue weighted by molar-refractivity contribution is -0.139. The molecule has 0 saturated carbocycles. The number of sulfonamides is 1. The third-order valence-electron chi connectivity index (χ3n) is 4.92. The third-order valence-corrected chi connectivity index (χ3v) is 6.78. The van der Waals surface area contributed by atoms with Gasteiger partial charge in [0.1, 0.15) is 12.6 Å². The fraction of sp³-hybridized carbons (Fsp3) is 0.364. The Hall–Kier alpha value is -2.29. The summed E-state index contributed by atoms with van der Waals surface area (Å²) in [5.74, 6) is -0.869. The van der Waals surface area contributed by atoms with Crippen LogP contribution in [-0.2, 0) is 26.2 Å². The Morgan fingerprint density at radius 2 is 1.75 bits per heavy atom. The maximum absolute atomic E-state index is 13.4. The molecule has 1 N–H and O–H groups in total. The van der Waals surface area contributed by atoms with E-state index in [9.17, 15) is 18.0 Å². The maximum Gasteiger partial charge on any atom is 0.244 e. The Bertz CT molecular complexity index is 1090. The van der Waals surface area contributed by atoms with E-state index in [-0.39, 0.29) is 12.5 Å². The summed E-state index contributed by atoms with van der Waals surface area (Å²) < 4.78 is 26.1. The molecule has 174 valence electrons. The Morgan fingerprint density at radius 1 is 1.09 bits per heavy atom. The van der Waals surface area contributed by atoms with Crippen molar-refractivity contribution in [3.8, 4) is 0 Å². The predicted octanol–water partition coefficient (Wildman–Crippen LogP) is 3.62. The highest BCUT2D eigenvalue weighted by Gasteiger charge is 2.30. The Balaban J connectivity index is 2.41. The summed E-state index contributed by atoms with van der Waals surface area (Å²) in [5, 5.41) is 3.39. The number of amides is 2. The highest BCUT2D eigenvalue weighted by molar-refractivity contribution is 7.92. The van der Waals surface area contributed by atoms with Gasteiger partial charge in [-0.3, -0.25) is 13.9 Å². The van der Waals surface area contributed by atoms with E-state index in [1.807, 2.05) is 0 Å². The number of para-hydroxylation sites is 1. The number of likely N-dealkylation sites (N-methyl/N-ethyl adjacent to an activating group) is 1. The van der Waals surface area contributed by atoms with Gasteiger partial charge in [0.2, 0.25) is 21.8 Å². The molecule has 0 heterocycles. The van der Waals surface area contributed by atoms with Gasteiger partial charge < -0.3 is 10.2 Å². The van der Waals surface area contributed by atoms with Gasteiger partial charge in [-0.15, -0.1) is 0 Å². The van der Waals surface area contributed by atoms with Crippen LogP contribution in [0.1, 0.15) is 25.0 Å². The number of carbonyl (C=O) groups is 2. The van der Waals surface area contributed by atoms with Gasteiger partial charge in [-0.25, -0.2) is 8.42 Å². The molecule has 1 atom stereocenters. The van der Waals surface area contributed by atoms with Gasteiger partial charge >= 0.3 is 0 Å². The number of hydrogen-bond acceptors (Lipinski definition) is 4. The van der Waals surface area contributed by atoms with Crippen LogP contribution < -0.4 is 9.62 Å². The first kappa shape index (κ1) is 26.0. The van der Waals surface area contributed by atoms with E-state index < -0.39 is 28.5 Å². The van der Waals surface area contributed by atoms with Crippen LogP contribution >= 0.6 is 23.2 Å². The zero-order chi connectivity index (χ0) is 24.1. The minimum atomic E-state index is -3.76. The number of nitrogens with zero attached hydrogens (tertiary/aromatic N) is 2. The van der Waals surface area contributed by atoms with E-state index in [0.29, 0.717) is 33.4 Å². The summed E-state index contributed by atoms with van der Waals surface area (Å²) in [5.41, 5.74) is 1.77. The Kier molecular flexibility index (Phi) is 8.95. The lowest BCUT2D eigenvalue weighted by Gasteiger charge is -2.31. The quantitative estimate of drug-likeness (QED) is 0.570. The standard InChI is InChI=1S/C22H27Cl2N3O4S/c1-5-25-22(29)16(3)26(13-17-10-11-18(23)19(24)12-17)21(28)14-27(32(4,30)31)20-9-7-6-8-15(20)2/h6-12,16H,5,13-14H2,1-4H3,(H,25,29)/t16-/m1/s1. The Morgan fingerprint density at radius 3 is 2.31 bits per heavy atom. The van der Waals surface area contributed by atoms with Gasteiger partial charge in [0.25, 0.3) is 0 Å². The largest absolute Gasteiger partial charge is 0.355 e. The van der Waals surface area contributed by atoms with Crippen LogP contribution in [0.25, 0.3) is 0 Å². The van der Waals surface area contributed by atoms with Crippen LogP contribution in [0.15, 0.2) is 42.5 Å². The van der Waals surface area contributed by atoms with E-state index in [1.54, 1.807) is 63.2 Å². The van der Waals surface area contributed by atoms with Crippen molar-refractivity contribution in [1.82, 2.24) is 10.2 Å². The molecule has 2 rings (SSSR count). The maximum atomic E-state index is 13.4. The van der Waals surface area contributed by atoms with Crippen molar-refractivity contribution in [2.24, 2.45) is 0 Å². The summed E-state index contributed by atoms with van der Waals surface area (Å²) in [6.07, 6.45) is 1.04. The molecule has 2 amide bonds. The molecule has 2 aromatic rings. The van der Waals surface area contributed by atoms with Crippen LogP contribution in [0.5, 0.6) is 0 Å². The molecule has 0 aliphatic rings. The van der Waals surface area contributed by atoms with Crippen molar-refractivity contribution in [3.63, 3.8) is 0 Å². The van der Waals surface area contributed by atoms with Gasteiger partial charge in [-0.05, 0) is 50.1 Å². The molecule has 0 fully saturated rings. The molecule has 0 aromatic heterocycles. The van der Waals surface area contributed by atoms with Crippen LogP contribution in [0, 0.1) is 6.92 Å². The molecule has 0 saturated heterocycles. The predicted molar refractivity (Wildman–Crippen MR) is 129 cm³/mol. The Labute approximate surface area is 199 Å². The van der Waals surface area contributed by atoms with Crippen molar-refractivity contribution < 1.29 is 18.0 Å². The first-order chi connectivity index (χ1) is 15.0. The van der Waals surface area contributed by atoms with Gasteiger partial charge in [-0.2, -0.15) is 0 Å². The van der Waals surface area contributed by atoms with E-state index in [4.69, 9.17) is 23.2 Å². The molecule has 0 bridgehead atoms. The first-order valence-corrected chi connectivity index (χ1v) is 12.6. The molecule has 0 spiro atoms. The van der Waals surface area contributed by atoms with Crippen molar-refractivity contribution >= 4 is 50.7 Å². The molecular weight excluding hydrogens is 473 g/mol. The second-order valence-electron chi connectivity index (χ2n) is 7.40. The molecule has 32 heavy (non-hydrogen) atoms. The first-order valence-electron chi connectivity index (χ1n) is 10.00. The average molecular weight is 500 g/mol. The van der Waals surface area contributed by atoms with Crippen molar-refractivity contribution in [2.45, 2.75) is 33.4 Å². The fourth-order valence-corrected chi connectivity index (χ4v) is 4.41. The molecular formula is C22H27Cl2N3O4S. The fourth-order valence-electron chi connectivity index (χ4n) is 3.18. The zero-order valence-corrected chi connectivity index (χ0v) is 20.8. The molecule has 0 aliphatic carbocycles. The van der Waals surface area contributed by atoms with Crippen LogP contribution in [0.2, 0.25) is 10.0 Å². The number of nitrogens with one attached hydrogen (secondary N) is 1. The summed E-state index contributed by atoms with van der Waals surface area (Å²) in [6.45, 7) is 5.14. The van der Waals surface area contributed by atoms with E-state index in [1.165, 1.54) is 4.90 Å². The summed E-state index contributed by atoms with van der Waals surface area (Å²) >= 11 is 12.1. The van der Waals surface area contributed by atoms with Crippen LogP contribution in [0.4, 0.5) is 5.69 Å². The van der Waals surface area contributed by atoms with Gasteiger partial charge in [-0.1, -0.05) is 47.5 Å². The summed E-state index contributed by atoms with van der Waals surface area (Å²) in [6, 6.07) is 11.0. The van der Waals surface area contributed by atoms with E-state index in [2.05, 4.69) is 5.32 Å². The molecule has 7 nitrogen and oxygen atoms in total. The van der Waals surface area contributed by atoms with Gasteiger partial charge in [0.15, 0.2) is 0 Å². The van der Waals surface area contributed by atoms with Crippen molar-refractivity contribution in [3.05, 3.63) is 63.6 Å². The van der Waals surface area contributed by atoms with Gasteiger partial charge in [0, 0.05) is 13.1 Å². The monoisotopic (exact) mass is 499 g/mol. The van der Waals surface area contributed by atoms with Crippen molar-refractivity contribution in [1.29, 1.82) is 0 Å². The van der Waals surface area contributed by atoms with Crippen LogP contribution in [0.3, 0.4) is 0 Å². The number of aryl methyl sites for hydroxylation is 1. The van der Waals surface area contributed by atoms with Gasteiger partial charge in [0.05, 0.1) is 22.0 Å². The minimum absolute atomic E-state index is 0.0550. The molecule has 0 aliphatic heterocycles. The normalized spacial score (nSPS) is 12.2. The second kappa shape index (κ2) is 11.0. The lowest BCUT2D eigenvalue weighted by Crippen LogP contribution is -2.51. The molecule has 2 aromatic carbocycles. The molecule has 0 radical (unpaired) electrons. The number of benzene rings is 2. The summed E-state index contributed by atoms with van der Waals surface area (Å²) in [4.78, 5) is 27.2. The second-order valence-corrected chi connectivity index (χ2v) is 10.1. The smallest absolute Gasteiger partial charge is 0.244 e. The highest BCUT2D eigenvalue weighted by Crippen LogP contribution is 2.25. The zero-order valence-electron chi connectivity index (χ0n) is 18.4. The number of hydrogen-bond donors (Lipinski definition) is 1. The number of rotatable bonds is 9. The summed E-state index contributed by atoms with van der Waals surface area (Å²) in [7, 11) is -3.76. The molecule has 10 heteroatoms. The number of carbonyl (C=O) groups excluding carboxylic acids is 2. The van der Waals surface area contributed by atoms with E-state index in [0.717, 1.165) is 10.6 Å². The lowest BCUT2D eigenvalue weighted by atomic mass is 10.1. The molecule has 0 unspecified atom stereocenters. The van der Waals surface area contributed by atoms with E-state index >= 15 is 0 Å². The SMILES string of the molecule is CCNC(=O)[C@@H](C)N(Cc1ccc(Cl)c(Cl)c1)C(=O)CN(c1ccccc1C)S(C)(=O)=O. The topological polar surface area (TPSA) is 86.8 Å².